The Bertz CT molecular complexity index is 727. The quantitative estimate of drug-likeness (QED) is 0.556. The van der Waals surface area contributed by atoms with Gasteiger partial charge >= 0.3 is 5.69 Å². The monoisotopic (exact) mass is 290 g/mol. The number of thioether (sulfide) groups is 1. The molecule has 0 spiro atoms. The van der Waals surface area contributed by atoms with Crippen LogP contribution in [0.4, 0.5) is 13.2 Å². The largest absolute Gasteiger partial charge is 0.332 e. The number of fused-ring (bicyclic) bond motifs is 1. The average Bonchev–Trinajstić information content (AvgIpc) is 2.63. The van der Waals surface area contributed by atoms with Crippen LogP contribution in [-0.4, -0.2) is 26.2 Å². The molecule has 0 aliphatic heterocycles. The number of rotatable bonds is 1. The SMILES string of the molecule is N=C(SC(=N)n1c(=O)[nH]c2cc(F)ccc21)C(F)F.[HH]. The molecule has 0 aliphatic carbocycles. The number of halogens is 3. The minimum Gasteiger partial charge on any atom is -0.305 e. The van der Waals surface area contributed by atoms with E-state index in [1.165, 1.54) is 6.07 Å². The van der Waals surface area contributed by atoms with Gasteiger partial charge in [0.2, 0.25) is 0 Å². The maximum atomic E-state index is 13.0. The van der Waals surface area contributed by atoms with Crippen molar-refractivity contribution in [3.8, 4) is 0 Å². The van der Waals surface area contributed by atoms with Gasteiger partial charge in [0.15, 0.2) is 5.17 Å². The van der Waals surface area contributed by atoms with E-state index in [1.807, 2.05) is 0 Å². The minimum atomic E-state index is -3.01. The smallest absolute Gasteiger partial charge is 0.305 e. The van der Waals surface area contributed by atoms with Crippen molar-refractivity contribution in [1.82, 2.24) is 9.55 Å². The van der Waals surface area contributed by atoms with Gasteiger partial charge in [-0.3, -0.25) is 10.8 Å². The van der Waals surface area contributed by atoms with Crippen molar-refractivity contribution in [2.75, 3.05) is 0 Å². The summed E-state index contributed by atoms with van der Waals surface area (Å²) in [4.78, 5) is 13.9. The van der Waals surface area contributed by atoms with E-state index in [0.29, 0.717) is 0 Å². The van der Waals surface area contributed by atoms with Crippen molar-refractivity contribution < 1.29 is 14.6 Å². The lowest BCUT2D eigenvalue weighted by Crippen LogP contribution is -2.23. The molecule has 0 bridgehead atoms. The third-order valence-corrected chi connectivity index (χ3v) is 3.03. The van der Waals surface area contributed by atoms with Crippen molar-refractivity contribution in [2.24, 2.45) is 0 Å². The van der Waals surface area contributed by atoms with Crippen LogP contribution in [0.15, 0.2) is 23.0 Å². The van der Waals surface area contributed by atoms with Gasteiger partial charge in [0, 0.05) is 1.43 Å². The fraction of sp³-hybridized carbons (Fsp3) is 0.100. The van der Waals surface area contributed by atoms with Crippen LogP contribution in [0.3, 0.4) is 0 Å². The Morgan fingerprint density at radius 1 is 1.42 bits per heavy atom. The molecule has 0 radical (unpaired) electrons. The van der Waals surface area contributed by atoms with Crippen molar-refractivity contribution >= 4 is 33.0 Å². The third kappa shape index (κ3) is 2.55. The fourth-order valence-corrected chi connectivity index (χ4v) is 2.05. The van der Waals surface area contributed by atoms with Gasteiger partial charge in [-0.1, -0.05) is 0 Å². The summed E-state index contributed by atoms with van der Waals surface area (Å²) >= 11 is 0.164. The highest BCUT2D eigenvalue weighted by molar-refractivity contribution is 8.26. The number of imidazole rings is 1. The lowest BCUT2D eigenvalue weighted by Gasteiger charge is -2.05. The molecule has 1 heterocycles. The van der Waals surface area contributed by atoms with Crippen LogP contribution in [0, 0.1) is 16.6 Å². The molecule has 2 rings (SSSR count). The molecule has 0 atom stereocenters. The second kappa shape index (κ2) is 4.92. The molecule has 1 aromatic carbocycles. The number of alkyl halides is 2. The number of H-pyrrole nitrogens is 1. The zero-order chi connectivity index (χ0) is 14.2. The molecule has 0 saturated carbocycles. The Labute approximate surface area is 109 Å². The number of aromatic nitrogens is 2. The highest BCUT2D eigenvalue weighted by Gasteiger charge is 2.18. The molecule has 0 amide bonds. The van der Waals surface area contributed by atoms with Gasteiger partial charge in [-0.15, -0.1) is 0 Å². The van der Waals surface area contributed by atoms with E-state index in [1.54, 1.807) is 0 Å². The van der Waals surface area contributed by atoms with Crippen LogP contribution in [0.1, 0.15) is 1.43 Å². The Balaban J connectivity index is 0.00000200. The van der Waals surface area contributed by atoms with Crippen LogP contribution >= 0.6 is 11.8 Å². The number of benzene rings is 1. The minimum absolute atomic E-state index is 0. The summed E-state index contributed by atoms with van der Waals surface area (Å²) in [5.74, 6) is -0.569. The zero-order valence-electron chi connectivity index (χ0n) is 9.21. The van der Waals surface area contributed by atoms with E-state index in [2.05, 4.69) is 4.98 Å². The van der Waals surface area contributed by atoms with Crippen molar-refractivity contribution in [2.45, 2.75) is 6.43 Å². The molecule has 5 nitrogen and oxygen atoms in total. The van der Waals surface area contributed by atoms with Gasteiger partial charge in [-0.25, -0.2) is 22.5 Å². The maximum absolute atomic E-state index is 13.0. The molecule has 2 aromatic rings. The number of hydrogen-bond donors (Lipinski definition) is 3. The highest BCUT2D eigenvalue weighted by atomic mass is 32.2. The highest BCUT2D eigenvalue weighted by Crippen LogP contribution is 2.17. The summed E-state index contributed by atoms with van der Waals surface area (Å²) < 4.78 is 38.2. The normalized spacial score (nSPS) is 11.2. The summed E-state index contributed by atoms with van der Waals surface area (Å²) in [6, 6.07) is 3.40. The molecule has 0 unspecified atom stereocenters. The maximum Gasteiger partial charge on any atom is 0.332 e. The summed E-state index contributed by atoms with van der Waals surface area (Å²) in [5, 5.41) is 13.0. The molecule has 102 valence electrons. The van der Waals surface area contributed by atoms with Crippen molar-refractivity contribution in [1.29, 1.82) is 10.8 Å². The first kappa shape index (κ1) is 13.4. The molecular weight excluding hydrogens is 281 g/mol. The van der Waals surface area contributed by atoms with Crippen LogP contribution in [0.2, 0.25) is 0 Å². The predicted molar refractivity (Wildman–Crippen MR) is 69.1 cm³/mol. The Morgan fingerprint density at radius 2 is 2.11 bits per heavy atom. The zero-order valence-corrected chi connectivity index (χ0v) is 10.0. The lowest BCUT2D eigenvalue weighted by atomic mass is 10.3. The molecule has 19 heavy (non-hydrogen) atoms. The Kier molecular flexibility index (Phi) is 3.47. The summed E-state index contributed by atoms with van der Waals surface area (Å²) in [6.45, 7) is 0. The molecular formula is C10H9F3N4OS. The van der Waals surface area contributed by atoms with Crippen LogP contribution < -0.4 is 5.69 Å². The third-order valence-electron chi connectivity index (χ3n) is 2.25. The predicted octanol–water partition coefficient (Wildman–Crippen LogP) is 2.47. The molecule has 9 heteroatoms. The van der Waals surface area contributed by atoms with E-state index in [-0.39, 0.29) is 24.2 Å². The van der Waals surface area contributed by atoms with Crippen molar-refractivity contribution in [3.63, 3.8) is 0 Å². The van der Waals surface area contributed by atoms with Gasteiger partial charge in [-0.05, 0) is 30.0 Å². The van der Waals surface area contributed by atoms with E-state index >= 15 is 0 Å². The lowest BCUT2D eigenvalue weighted by molar-refractivity contribution is 0.228. The first-order valence-corrected chi connectivity index (χ1v) is 5.75. The van der Waals surface area contributed by atoms with Gasteiger partial charge in [0.1, 0.15) is 10.9 Å². The van der Waals surface area contributed by atoms with Gasteiger partial charge in [-0.2, -0.15) is 0 Å². The summed E-state index contributed by atoms with van der Waals surface area (Å²) in [6.07, 6.45) is -3.01. The summed E-state index contributed by atoms with van der Waals surface area (Å²) in [5.41, 5.74) is -0.412. The molecule has 0 aliphatic rings. The first-order chi connectivity index (χ1) is 8.90. The number of hydrogen-bond acceptors (Lipinski definition) is 4. The first-order valence-electron chi connectivity index (χ1n) is 4.94. The van der Waals surface area contributed by atoms with Crippen molar-refractivity contribution in [3.05, 3.63) is 34.5 Å². The Morgan fingerprint density at radius 3 is 2.74 bits per heavy atom. The van der Waals surface area contributed by atoms with Gasteiger partial charge in [0.25, 0.3) is 6.43 Å². The van der Waals surface area contributed by atoms with E-state index in [0.717, 1.165) is 16.7 Å². The second-order valence-electron chi connectivity index (χ2n) is 3.50. The fourth-order valence-electron chi connectivity index (χ4n) is 1.48. The molecule has 3 N–H and O–H groups in total. The van der Waals surface area contributed by atoms with E-state index in [9.17, 15) is 18.0 Å². The summed E-state index contributed by atoms with van der Waals surface area (Å²) in [7, 11) is 0. The Hall–Kier alpha value is -2.03. The number of nitrogens with one attached hydrogen (secondary N) is 3. The molecule has 0 saturated heterocycles. The second-order valence-corrected chi connectivity index (χ2v) is 4.53. The topological polar surface area (TPSA) is 85.5 Å². The van der Waals surface area contributed by atoms with Gasteiger partial charge in [0.05, 0.1) is 11.0 Å². The molecule has 1 aromatic heterocycles. The van der Waals surface area contributed by atoms with E-state index in [4.69, 9.17) is 10.8 Å². The molecule has 0 fully saturated rings. The van der Waals surface area contributed by atoms with Crippen LogP contribution in [0.5, 0.6) is 0 Å². The van der Waals surface area contributed by atoms with Crippen LogP contribution in [0.25, 0.3) is 11.0 Å². The van der Waals surface area contributed by atoms with Gasteiger partial charge < -0.3 is 4.98 Å². The average molecular weight is 290 g/mol. The van der Waals surface area contributed by atoms with Crippen LogP contribution in [-0.2, 0) is 0 Å². The number of aromatic amines is 1. The standard InChI is InChI=1S/C10H7F3N4OS.H2/c11-4-1-2-6-5(3-4)16-10(18)17(6)9(15)19-8(14)7(12)13;/h1-3,7,14-15H,(H,16,18);1H. The number of nitrogens with zero attached hydrogens (tertiary/aromatic N) is 1. The van der Waals surface area contributed by atoms with E-state index < -0.39 is 28.1 Å².